The van der Waals surface area contributed by atoms with E-state index in [1.165, 1.54) is 23.1 Å². The van der Waals surface area contributed by atoms with Crippen molar-refractivity contribution in [1.29, 1.82) is 0 Å². The molecule has 0 spiro atoms. The Balaban J connectivity index is 1.32. The number of amides is 3. The average molecular weight is 482 g/mol. The zero-order valence-corrected chi connectivity index (χ0v) is 19.1. The second-order valence-electron chi connectivity index (χ2n) is 9.58. The second kappa shape index (κ2) is 8.37. The minimum atomic E-state index is -0.947. The molecule has 1 saturated heterocycles. The number of nitrogens with zero attached hydrogens (tertiary/aromatic N) is 3. The monoisotopic (exact) mass is 482 g/mol. The SMILES string of the molecule is O=C(CC(c1cccc([N+](=O)[O-])c1)N1C(=O)C2C3C=CC(C3)C2C1=O)Nc1ccc2ncccc2c1. The van der Waals surface area contributed by atoms with E-state index < -0.39 is 28.7 Å². The van der Waals surface area contributed by atoms with Crippen molar-refractivity contribution < 1.29 is 19.3 Å². The quantitative estimate of drug-likeness (QED) is 0.245. The topological polar surface area (TPSA) is 123 Å². The van der Waals surface area contributed by atoms with Gasteiger partial charge in [0.05, 0.1) is 34.7 Å². The highest BCUT2D eigenvalue weighted by molar-refractivity contribution is 6.07. The van der Waals surface area contributed by atoms with E-state index in [9.17, 15) is 24.5 Å². The van der Waals surface area contributed by atoms with Crippen LogP contribution in [0.5, 0.6) is 0 Å². The number of fused-ring (bicyclic) bond motifs is 6. The molecule has 2 bridgehead atoms. The first-order valence-corrected chi connectivity index (χ1v) is 11.8. The summed E-state index contributed by atoms with van der Waals surface area (Å²) in [6, 6.07) is 13.9. The van der Waals surface area contributed by atoms with Gasteiger partial charge in [0, 0.05) is 29.4 Å². The lowest BCUT2D eigenvalue weighted by molar-refractivity contribution is -0.385. The molecule has 3 aliphatic rings. The number of carbonyl (C=O) groups is 3. The number of imide groups is 1. The van der Waals surface area contributed by atoms with Crippen LogP contribution in [0.25, 0.3) is 10.9 Å². The summed E-state index contributed by atoms with van der Waals surface area (Å²) in [4.78, 5) is 56.5. The van der Waals surface area contributed by atoms with Crippen molar-refractivity contribution in [3.63, 3.8) is 0 Å². The van der Waals surface area contributed by atoms with Gasteiger partial charge in [-0.2, -0.15) is 0 Å². The van der Waals surface area contributed by atoms with Crippen LogP contribution in [0.1, 0.15) is 24.4 Å². The van der Waals surface area contributed by atoms with Crippen molar-refractivity contribution in [2.45, 2.75) is 18.9 Å². The number of nitrogens with one attached hydrogen (secondary N) is 1. The number of nitro groups is 1. The van der Waals surface area contributed by atoms with Crippen molar-refractivity contribution in [1.82, 2.24) is 9.88 Å². The summed E-state index contributed by atoms with van der Waals surface area (Å²) >= 11 is 0. The molecule has 6 rings (SSSR count). The molecule has 2 aromatic carbocycles. The molecule has 180 valence electrons. The van der Waals surface area contributed by atoms with Gasteiger partial charge in [0.25, 0.3) is 5.69 Å². The van der Waals surface area contributed by atoms with E-state index in [2.05, 4.69) is 10.3 Å². The Kier molecular flexibility index (Phi) is 5.13. The van der Waals surface area contributed by atoms with Crippen molar-refractivity contribution in [3.05, 3.63) is 88.6 Å². The number of likely N-dealkylation sites (tertiary alicyclic amines) is 1. The molecule has 1 aromatic heterocycles. The molecule has 2 heterocycles. The summed E-state index contributed by atoms with van der Waals surface area (Å²) in [6.45, 7) is 0. The Bertz CT molecular complexity index is 1440. The van der Waals surface area contributed by atoms with Crippen molar-refractivity contribution in [2.24, 2.45) is 23.7 Å². The van der Waals surface area contributed by atoms with Gasteiger partial charge in [0.1, 0.15) is 0 Å². The van der Waals surface area contributed by atoms with E-state index in [-0.39, 0.29) is 35.8 Å². The summed E-state index contributed by atoms with van der Waals surface area (Å²) in [6.07, 6.45) is 6.27. The molecule has 3 aromatic rings. The Morgan fingerprint density at radius 2 is 1.81 bits per heavy atom. The largest absolute Gasteiger partial charge is 0.326 e. The molecule has 5 atom stereocenters. The Morgan fingerprint density at radius 1 is 1.06 bits per heavy atom. The summed E-state index contributed by atoms with van der Waals surface area (Å²) in [5.74, 6) is -1.83. The summed E-state index contributed by atoms with van der Waals surface area (Å²) in [7, 11) is 0. The maximum atomic E-state index is 13.5. The summed E-state index contributed by atoms with van der Waals surface area (Å²) in [5, 5.41) is 15.1. The average Bonchev–Trinajstić information content (AvgIpc) is 3.56. The maximum absolute atomic E-state index is 13.5. The number of hydrogen-bond acceptors (Lipinski definition) is 6. The van der Waals surface area contributed by atoms with E-state index in [1.807, 2.05) is 18.2 Å². The van der Waals surface area contributed by atoms with Crippen LogP contribution in [0.4, 0.5) is 11.4 Å². The number of pyridine rings is 1. The lowest BCUT2D eigenvalue weighted by Crippen LogP contribution is -2.38. The van der Waals surface area contributed by atoms with Crippen molar-refractivity contribution in [3.8, 4) is 0 Å². The zero-order valence-electron chi connectivity index (χ0n) is 19.1. The van der Waals surface area contributed by atoms with Crippen LogP contribution in [-0.4, -0.2) is 32.5 Å². The third-order valence-electron chi connectivity index (χ3n) is 7.55. The number of anilines is 1. The highest BCUT2D eigenvalue weighted by atomic mass is 16.6. The normalized spacial score (nSPS) is 24.8. The first-order valence-electron chi connectivity index (χ1n) is 11.8. The standard InChI is InChI=1S/C27H22N4O5/c32-23(29-19-8-9-21-15(12-19)4-2-10-28-21)14-22(16-3-1-5-20(13-16)31(35)36)30-26(33)24-17-6-7-18(11-17)25(24)27(30)34/h1-10,12-13,17-18,22,24-25H,11,14H2,(H,29,32). The number of aromatic nitrogens is 1. The molecular weight excluding hydrogens is 460 g/mol. The number of benzene rings is 2. The van der Waals surface area contributed by atoms with Crippen LogP contribution < -0.4 is 5.32 Å². The molecule has 2 fully saturated rings. The van der Waals surface area contributed by atoms with Gasteiger partial charge in [0.15, 0.2) is 0 Å². The van der Waals surface area contributed by atoms with E-state index in [0.29, 0.717) is 11.3 Å². The van der Waals surface area contributed by atoms with E-state index in [1.54, 1.807) is 36.5 Å². The fourth-order valence-electron chi connectivity index (χ4n) is 5.98. The zero-order chi connectivity index (χ0) is 25.0. The van der Waals surface area contributed by atoms with Gasteiger partial charge in [-0.15, -0.1) is 0 Å². The molecule has 2 aliphatic carbocycles. The van der Waals surface area contributed by atoms with E-state index in [0.717, 1.165) is 17.3 Å². The third kappa shape index (κ3) is 3.55. The number of rotatable bonds is 6. The molecule has 5 unspecified atom stereocenters. The van der Waals surface area contributed by atoms with Crippen molar-refractivity contribution in [2.75, 3.05) is 5.32 Å². The van der Waals surface area contributed by atoms with Gasteiger partial charge in [-0.25, -0.2) is 0 Å². The molecular formula is C27H22N4O5. The molecule has 36 heavy (non-hydrogen) atoms. The van der Waals surface area contributed by atoms with Crippen LogP contribution in [0.15, 0.2) is 72.9 Å². The fourth-order valence-corrected chi connectivity index (χ4v) is 5.98. The van der Waals surface area contributed by atoms with Gasteiger partial charge in [-0.1, -0.05) is 30.4 Å². The van der Waals surface area contributed by atoms with E-state index in [4.69, 9.17) is 0 Å². The maximum Gasteiger partial charge on any atom is 0.269 e. The number of carbonyl (C=O) groups excluding carboxylic acids is 3. The van der Waals surface area contributed by atoms with Crippen LogP contribution in [0, 0.1) is 33.8 Å². The van der Waals surface area contributed by atoms with Gasteiger partial charge >= 0.3 is 0 Å². The van der Waals surface area contributed by atoms with Gasteiger partial charge in [-0.05, 0) is 48.1 Å². The number of nitro benzene ring substituents is 1. The number of hydrogen-bond donors (Lipinski definition) is 1. The number of non-ortho nitro benzene ring substituents is 1. The van der Waals surface area contributed by atoms with Gasteiger partial charge in [-0.3, -0.25) is 34.4 Å². The smallest absolute Gasteiger partial charge is 0.269 e. The first-order chi connectivity index (χ1) is 17.4. The lowest BCUT2D eigenvalue weighted by Gasteiger charge is -2.28. The van der Waals surface area contributed by atoms with Crippen LogP contribution >= 0.6 is 0 Å². The predicted molar refractivity (Wildman–Crippen MR) is 130 cm³/mol. The van der Waals surface area contributed by atoms with E-state index >= 15 is 0 Å². The summed E-state index contributed by atoms with van der Waals surface area (Å²) in [5.41, 5.74) is 1.55. The lowest BCUT2D eigenvalue weighted by atomic mass is 9.85. The van der Waals surface area contributed by atoms with Crippen LogP contribution in [0.3, 0.4) is 0 Å². The Labute approximate surface area is 206 Å². The highest BCUT2D eigenvalue weighted by Crippen LogP contribution is 2.54. The Morgan fingerprint density at radius 3 is 2.53 bits per heavy atom. The first kappa shape index (κ1) is 22.1. The molecule has 1 aliphatic heterocycles. The van der Waals surface area contributed by atoms with Crippen LogP contribution in [0.2, 0.25) is 0 Å². The molecule has 9 nitrogen and oxygen atoms in total. The minimum absolute atomic E-state index is 0.0206. The third-order valence-corrected chi connectivity index (χ3v) is 7.55. The fraction of sp³-hybridized carbons (Fsp3) is 0.259. The van der Waals surface area contributed by atoms with Crippen LogP contribution in [-0.2, 0) is 14.4 Å². The minimum Gasteiger partial charge on any atom is -0.326 e. The predicted octanol–water partition coefficient (Wildman–Crippen LogP) is 4.02. The van der Waals surface area contributed by atoms with Crippen molar-refractivity contribution >= 4 is 40.0 Å². The molecule has 1 N–H and O–H groups in total. The molecule has 9 heteroatoms. The van der Waals surface area contributed by atoms with Gasteiger partial charge in [0.2, 0.25) is 17.7 Å². The second-order valence-corrected chi connectivity index (χ2v) is 9.58. The molecule has 3 amide bonds. The Hall–Kier alpha value is -4.40. The van der Waals surface area contributed by atoms with Gasteiger partial charge < -0.3 is 5.32 Å². The molecule has 0 radical (unpaired) electrons. The molecule has 1 saturated carbocycles. The summed E-state index contributed by atoms with van der Waals surface area (Å²) < 4.78 is 0. The number of allylic oxidation sites excluding steroid dienone is 2. The highest BCUT2D eigenvalue weighted by Gasteiger charge is 2.60.